The van der Waals surface area contributed by atoms with Crippen molar-refractivity contribution in [2.75, 3.05) is 0 Å². The monoisotopic (exact) mass is 240 g/mol. The number of carbonyl (C=O) groups is 1. The van der Waals surface area contributed by atoms with Crippen LogP contribution in [0, 0.1) is 0 Å². The van der Waals surface area contributed by atoms with Crippen molar-refractivity contribution in [3.63, 3.8) is 0 Å². The third kappa shape index (κ3) is 2.55. The standard InChI is InChI=1S/C10H8N2OS.ClH/c11-9(13)10-12-8(6-14-10)7-4-2-1-3-5-7;/h1-6H,(H2,11,13);1H. The highest BCUT2D eigenvalue weighted by Crippen LogP contribution is 2.20. The van der Waals surface area contributed by atoms with Crippen molar-refractivity contribution in [1.82, 2.24) is 4.98 Å². The van der Waals surface area contributed by atoms with Crippen molar-refractivity contribution in [3.8, 4) is 11.3 Å². The number of nitrogens with zero attached hydrogens (tertiary/aromatic N) is 1. The fraction of sp³-hybridized carbons (Fsp3) is 0. The van der Waals surface area contributed by atoms with E-state index >= 15 is 0 Å². The minimum absolute atomic E-state index is 0. The molecule has 0 atom stereocenters. The Kier molecular flexibility index (Phi) is 3.82. The first-order chi connectivity index (χ1) is 6.77. The number of carbonyl (C=O) groups excluding carboxylic acids is 1. The second kappa shape index (κ2) is 4.91. The molecular formula is C10H9ClN2OS. The van der Waals surface area contributed by atoms with Gasteiger partial charge in [-0.3, -0.25) is 4.79 Å². The summed E-state index contributed by atoms with van der Waals surface area (Å²) >= 11 is 1.27. The summed E-state index contributed by atoms with van der Waals surface area (Å²) in [5, 5.41) is 2.18. The van der Waals surface area contributed by atoms with E-state index in [2.05, 4.69) is 4.98 Å². The van der Waals surface area contributed by atoms with Gasteiger partial charge in [0.2, 0.25) is 0 Å². The average Bonchev–Trinajstić information content (AvgIpc) is 2.68. The molecule has 2 N–H and O–H groups in total. The summed E-state index contributed by atoms with van der Waals surface area (Å²) in [5.74, 6) is -0.475. The van der Waals surface area contributed by atoms with Gasteiger partial charge in [-0.1, -0.05) is 30.3 Å². The number of nitrogens with two attached hydrogens (primary N) is 1. The average molecular weight is 241 g/mol. The molecule has 0 fully saturated rings. The second-order valence-electron chi connectivity index (χ2n) is 2.77. The van der Waals surface area contributed by atoms with Crippen molar-refractivity contribution in [1.29, 1.82) is 0 Å². The van der Waals surface area contributed by atoms with E-state index in [0.717, 1.165) is 11.3 Å². The van der Waals surface area contributed by atoms with E-state index < -0.39 is 5.91 Å². The van der Waals surface area contributed by atoms with Crippen molar-refractivity contribution >= 4 is 29.7 Å². The number of halogens is 1. The van der Waals surface area contributed by atoms with E-state index in [4.69, 9.17) is 5.73 Å². The van der Waals surface area contributed by atoms with E-state index in [9.17, 15) is 4.79 Å². The van der Waals surface area contributed by atoms with Gasteiger partial charge in [0, 0.05) is 10.9 Å². The minimum atomic E-state index is -0.475. The Morgan fingerprint density at radius 1 is 1.27 bits per heavy atom. The molecule has 78 valence electrons. The molecular weight excluding hydrogens is 232 g/mol. The SMILES string of the molecule is Cl.NC(=O)c1nc(-c2ccccc2)cs1. The van der Waals surface area contributed by atoms with E-state index in [0.29, 0.717) is 5.01 Å². The molecule has 0 saturated carbocycles. The zero-order valence-corrected chi connectivity index (χ0v) is 9.35. The Balaban J connectivity index is 0.00000112. The van der Waals surface area contributed by atoms with E-state index in [1.807, 2.05) is 35.7 Å². The summed E-state index contributed by atoms with van der Waals surface area (Å²) < 4.78 is 0. The third-order valence-electron chi connectivity index (χ3n) is 1.78. The van der Waals surface area contributed by atoms with Crippen LogP contribution in [-0.2, 0) is 0 Å². The van der Waals surface area contributed by atoms with Gasteiger partial charge in [-0.25, -0.2) is 4.98 Å². The number of amides is 1. The molecule has 0 aliphatic heterocycles. The lowest BCUT2D eigenvalue weighted by atomic mass is 10.2. The lowest BCUT2D eigenvalue weighted by Crippen LogP contribution is -2.10. The highest BCUT2D eigenvalue weighted by molar-refractivity contribution is 7.12. The summed E-state index contributed by atoms with van der Waals surface area (Å²) in [4.78, 5) is 14.9. The maximum absolute atomic E-state index is 10.8. The van der Waals surface area contributed by atoms with E-state index in [1.165, 1.54) is 11.3 Å². The summed E-state index contributed by atoms with van der Waals surface area (Å²) in [7, 11) is 0. The van der Waals surface area contributed by atoms with Crippen LogP contribution in [0.15, 0.2) is 35.7 Å². The Morgan fingerprint density at radius 3 is 2.47 bits per heavy atom. The van der Waals surface area contributed by atoms with Gasteiger partial charge in [0.1, 0.15) is 0 Å². The quantitative estimate of drug-likeness (QED) is 0.876. The molecule has 0 saturated heterocycles. The first-order valence-electron chi connectivity index (χ1n) is 4.08. The largest absolute Gasteiger partial charge is 0.364 e. The zero-order chi connectivity index (χ0) is 9.97. The predicted molar refractivity (Wildman–Crippen MR) is 63.3 cm³/mol. The first-order valence-corrected chi connectivity index (χ1v) is 4.96. The lowest BCUT2D eigenvalue weighted by Gasteiger charge is -1.93. The molecule has 1 amide bonds. The van der Waals surface area contributed by atoms with Crippen molar-refractivity contribution in [3.05, 3.63) is 40.7 Å². The molecule has 0 unspecified atom stereocenters. The Labute approximate surface area is 97.4 Å². The molecule has 15 heavy (non-hydrogen) atoms. The zero-order valence-electron chi connectivity index (χ0n) is 7.71. The number of primary amides is 1. The number of aromatic nitrogens is 1. The van der Waals surface area contributed by atoms with Crippen LogP contribution in [0.5, 0.6) is 0 Å². The molecule has 0 aliphatic carbocycles. The van der Waals surface area contributed by atoms with E-state index in [1.54, 1.807) is 0 Å². The summed E-state index contributed by atoms with van der Waals surface area (Å²) in [6.07, 6.45) is 0. The molecule has 2 aromatic rings. The van der Waals surface area contributed by atoms with Crippen LogP contribution in [0.2, 0.25) is 0 Å². The molecule has 0 aliphatic rings. The van der Waals surface area contributed by atoms with Gasteiger partial charge in [0.15, 0.2) is 5.01 Å². The van der Waals surface area contributed by atoms with Gasteiger partial charge in [0.25, 0.3) is 5.91 Å². The first kappa shape index (κ1) is 11.7. The van der Waals surface area contributed by atoms with Gasteiger partial charge < -0.3 is 5.73 Å². The van der Waals surface area contributed by atoms with Crippen LogP contribution in [0.25, 0.3) is 11.3 Å². The summed E-state index contributed by atoms with van der Waals surface area (Å²) in [6.45, 7) is 0. The number of rotatable bonds is 2. The van der Waals surface area contributed by atoms with Crippen molar-refractivity contribution in [2.45, 2.75) is 0 Å². The molecule has 0 radical (unpaired) electrons. The summed E-state index contributed by atoms with van der Waals surface area (Å²) in [6, 6.07) is 9.68. The highest BCUT2D eigenvalue weighted by atomic mass is 35.5. The number of hydrogen-bond donors (Lipinski definition) is 1. The number of hydrogen-bond acceptors (Lipinski definition) is 3. The normalized spacial score (nSPS) is 9.33. The van der Waals surface area contributed by atoms with Crippen molar-refractivity contribution < 1.29 is 4.79 Å². The highest BCUT2D eigenvalue weighted by Gasteiger charge is 2.07. The molecule has 1 aromatic carbocycles. The van der Waals surface area contributed by atoms with Crippen LogP contribution < -0.4 is 5.73 Å². The van der Waals surface area contributed by atoms with Gasteiger partial charge in [-0.2, -0.15) is 0 Å². The summed E-state index contributed by atoms with van der Waals surface area (Å²) in [5.41, 5.74) is 6.91. The minimum Gasteiger partial charge on any atom is -0.364 e. The lowest BCUT2D eigenvalue weighted by molar-refractivity contribution is 0.1000. The molecule has 3 nitrogen and oxygen atoms in total. The Bertz CT molecular complexity index is 455. The van der Waals surface area contributed by atoms with Crippen molar-refractivity contribution in [2.24, 2.45) is 5.73 Å². The fourth-order valence-electron chi connectivity index (χ4n) is 1.13. The molecule has 0 spiro atoms. The molecule has 1 aromatic heterocycles. The number of thiazole rings is 1. The van der Waals surface area contributed by atoms with Crippen LogP contribution in [0.3, 0.4) is 0 Å². The van der Waals surface area contributed by atoms with Gasteiger partial charge in [-0.05, 0) is 0 Å². The Hall–Kier alpha value is -1.39. The smallest absolute Gasteiger partial charge is 0.277 e. The van der Waals surface area contributed by atoms with E-state index in [-0.39, 0.29) is 12.4 Å². The molecule has 5 heteroatoms. The van der Waals surface area contributed by atoms with Crippen LogP contribution in [-0.4, -0.2) is 10.9 Å². The maximum Gasteiger partial charge on any atom is 0.277 e. The van der Waals surface area contributed by atoms with Crippen LogP contribution >= 0.6 is 23.7 Å². The van der Waals surface area contributed by atoms with Crippen LogP contribution in [0.1, 0.15) is 9.80 Å². The van der Waals surface area contributed by atoms with Gasteiger partial charge >= 0.3 is 0 Å². The number of benzene rings is 1. The molecule has 1 heterocycles. The second-order valence-corrected chi connectivity index (χ2v) is 3.63. The fourth-order valence-corrected chi connectivity index (χ4v) is 1.81. The maximum atomic E-state index is 10.8. The molecule has 0 bridgehead atoms. The van der Waals surface area contributed by atoms with Gasteiger partial charge in [-0.15, -0.1) is 23.7 Å². The topological polar surface area (TPSA) is 56.0 Å². The predicted octanol–water partition coefficient (Wildman–Crippen LogP) is 2.33. The van der Waals surface area contributed by atoms with Crippen LogP contribution in [0.4, 0.5) is 0 Å². The Morgan fingerprint density at radius 2 is 1.93 bits per heavy atom. The third-order valence-corrected chi connectivity index (χ3v) is 2.64. The van der Waals surface area contributed by atoms with Gasteiger partial charge in [0.05, 0.1) is 5.69 Å². The molecule has 2 rings (SSSR count).